The normalized spacial score (nSPS) is 26.2. The Hall–Kier alpha value is -2.19. The molecule has 1 aromatic carbocycles. The number of benzene rings is 1. The number of hydrogen-bond acceptors (Lipinski definition) is 5. The topological polar surface area (TPSA) is 79.5 Å². The van der Waals surface area contributed by atoms with Crippen LogP contribution in [0.5, 0.6) is 5.75 Å². The highest BCUT2D eigenvalue weighted by Gasteiger charge is 2.44. The third kappa shape index (κ3) is 3.08. The van der Waals surface area contributed by atoms with Crippen LogP contribution in [0.1, 0.15) is 29.2 Å². The number of nitrogens with one attached hydrogen (secondary N) is 1. The molecule has 2 aliphatic rings. The molecule has 30 heavy (non-hydrogen) atoms. The van der Waals surface area contributed by atoms with E-state index in [4.69, 9.17) is 16.3 Å². The predicted molar refractivity (Wildman–Crippen MR) is 111 cm³/mol. The van der Waals surface area contributed by atoms with Crippen LogP contribution in [-0.2, 0) is 13.0 Å². The minimum absolute atomic E-state index is 0.00585. The molecule has 5 rings (SSSR count). The Labute approximate surface area is 178 Å². The summed E-state index contributed by atoms with van der Waals surface area (Å²) < 4.78 is 22.4. The van der Waals surface area contributed by atoms with Crippen molar-refractivity contribution in [3.05, 3.63) is 58.1 Å². The van der Waals surface area contributed by atoms with Gasteiger partial charge in [0, 0.05) is 42.4 Å². The molecule has 1 fully saturated rings. The van der Waals surface area contributed by atoms with Crippen LogP contribution in [0.4, 0.5) is 4.39 Å². The first-order valence-electron chi connectivity index (χ1n) is 10.1. The molecule has 158 valence electrons. The van der Waals surface area contributed by atoms with Crippen LogP contribution in [0.2, 0.25) is 5.02 Å². The van der Waals surface area contributed by atoms with E-state index in [2.05, 4.69) is 10.3 Å². The SMILES string of the molecule is Cc1ccnc2c1ccn2[C@@H]1C[C@H](Oc2cc(Cl)c(F)c3c2CNCC3)[C@@H](O)[C@H]1O. The van der Waals surface area contributed by atoms with Crippen LogP contribution in [0, 0.1) is 12.7 Å². The smallest absolute Gasteiger partial charge is 0.145 e. The van der Waals surface area contributed by atoms with Crippen molar-refractivity contribution in [2.75, 3.05) is 6.54 Å². The molecule has 0 saturated heterocycles. The summed E-state index contributed by atoms with van der Waals surface area (Å²) in [4.78, 5) is 4.46. The molecule has 2 aromatic heterocycles. The van der Waals surface area contributed by atoms with E-state index in [9.17, 15) is 14.6 Å². The molecule has 4 atom stereocenters. The van der Waals surface area contributed by atoms with E-state index in [1.807, 2.05) is 29.8 Å². The van der Waals surface area contributed by atoms with Crippen LogP contribution in [0.3, 0.4) is 0 Å². The number of aromatic nitrogens is 2. The maximum Gasteiger partial charge on any atom is 0.145 e. The number of ether oxygens (including phenoxy) is 1. The van der Waals surface area contributed by atoms with Crippen molar-refractivity contribution < 1.29 is 19.3 Å². The number of fused-ring (bicyclic) bond motifs is 2. The molecule has 0 unspecified atom stereocenters. The zero-order chi connectivity index (χ0) is 21.0. The molecule has 1 saturated carbocycles. The molecular formula is C22H23ClFN3O3. The Morgan fingerprint density at radius 3 is 2.93 bits per heavy atom. The van der Waals surface area contributed by atoms with Gasteiger partial charge in [-0.15, -0.1) is 0 Å². The summed E-state index contributed by atoms with van der Waals surface area (Å²) in [6.07, 6.45) is 1.77. The number of halogens is 2. The number of pyridine rings is 1. The van der Waals surface area contributed by atoms with Crippen LogP contribution < -0.4 is 10.1 Å². The lowest BCUT2D eigenvalue weighted by Crippen LogP contribution is -2.35. The second-order valence-electron chi connectivity index (χ2n) is 8.08. The third-order valence-electron chi connectivity index (χ3n) is 6.32. The van der Waals surface area contributed by atoms with Crippen LogP contribution in [0.15, 0.2) is 30.6 Å². The average Bonchev–Trinajstić information content (AvgIpc) is 3.29. The zero-order valence-corrected chi connectivity index (χ0v) is 17.2. The highest BCUT2D eigenvalue weighted by atomic mass is 35.5. The van der Waals surface area contributed by atoms with E-state index in [0.29, 0.717) is 37.2 Å². The Morgan fingerprint density at radius 2 is 2.10 bits per heavy atom. The van der Waals surface area contributed by atoms with Gasteiger partial charge in [0.05, 0.1) is 11.1 Å². The summed E-state index contributed by atoms with van der Waals surface area (Å²) >= 11 is 6.09. The summed E-state index contributed by atoms with van der Waals surface area (Å²) in [5.41, 5.74) is 3.13. The van der Waals surface area contributed by atoms with Gasteiger partial charge in [0.2, 0.25) is 0 Å². The number of rotatable bonds is 3. The molecule has 3 aromatic rings. The number of nitrogens with zero attached hydrogens (tertiary/aromatic N) is 2. The van der Waals surface area contributed by atoms with E-state index in [-0.39, 0.29) is 11.1 Å². The minimum atomic E-state index is -1.09. The van der Waals surface area contributed by atoms with Crippen molar-refractivity contribution in [1.82, 2.24) is 14.9 Å². The fourth-order valence-electron chi connectivity index (χ4n) is 4.66. The molecule has 6 nitrogen and oxygen atoms in total. The Morgan fingerprint density at radius 1 is 1.27 bits per heavy atom. The van der Waals surface area contributed by atoms with Gasteiger partial charge in [-0.25, -0.2) is 9.37 Å². The third-order valence-corrected chi connectivity index (χ3v) is 6.59. The second kappa shape index (κ2) is 7.50. The lowest BCUT2D eigenvalue weighted by atomic mass is 9.99. The van der Waals surface area contributed by atoms with Gasteiger partial charge in [-0.3, -0.25) is 0 Å². The number of hydrogen-bond donors (Lipinski definition) is 3. The van der Waals surface area contributed by atoms with Crippen molar-refractivity contribution in [2.45, 2.75) is 50.7 Å². The van der Waals surface area contributed by atoms with Gasteiger partial charge in [0.15, 0.2) is 0 Å². The molecule has 3 N–H and O–H groups in total. The Balaban J connectivity index is 1.46. The van der Waals surface area contributed by atoms with E-state index in [1.54, 1.807) is 6.20 Å². The van der Waals surface area contributed by atoms with Crippen LogP contribution in [0.25, 0.3) is 11.0 Å². The first-order chi connectivity index (χ1) is 14.5. The number of aryl methyl sites for hydroxylation is 1. The highest BCUT2D eigenvalue weighted by molar-refractivity contribution is 6.31. The van der Waals surface area contributed by atoms with E-state index >= 15 is 0 Å². The number of aliphatic hydroxyl groups is 2. The molecule has 0 radical (unpaired) electrons. The van der Waals surface area contributed by atoms with Crippen LogP contribution >= 0.6 is 11.6 Å². The van der Waals surface area contributed by atoms with Crippen LogP contribution in [-0.4, -0.2) is 44.6 Å². The quantitative estimate of drug-likeness (QED) is 0.594. The van der Waals surface area contributed by atoms with E-state index in [0.717, 1.165) is 22.2 Å². The Bertz CT molecular complexity index is 1120. The van der Waals surface area contributed by atoms with E-state index < -0.39 is 24.1 Å². The zero-order valence-electron chi connectivity index (χ0n) is 16.5. The van der Waals surface area contributed by atoms with Crippen molar-refractivity contribution in [3.63, 3.8) is 0 Å². The van der Waals surface area contributed by atoms with Gasteiger partial charge in [-0.05, 0) is 43.1 Å². The van der Waals surface area contributed by atoms with E-state index in [1.165, 1.54) is 6.07 Å². The standard InChI is InChI=1S/C22H23ClFN3O3/c1-11-2-6-26-22-12(11)4-7-27(22)16-9-18(21(29)20(16)28)30-17-8-15(23)19(24)13-3-5-25-10-14(13)17/h2,4,6-8,16,18,20-21,25,28-29H,3,5,9-10H2,1H3/t16-,18+,20+,21-/m1/s1. The molecule has 0 amide bonds. The molecule has 1 aliphatic heterocycles. The summed E-state index contributed by atoms with van der Waals surface area (Å²) in [6.45, 7) is 3.15. The molecule has 8 heteroatoms. The maximum absolute atomic E-state index is 14.4. The Kier molecular flexibility index (Phi) is 4.94. The van der Waals surface area contributed by atoms with Gasteiger partial charge in [-0.2, -0.15) is 0 Å². The second-order valence-corrected chi connectivity index (χ2v) is 8.49. The fourth-order valence-corrected chi connectivity index (χ4v) is 4.87. The molecule has 3 heterocycles. The maximum atomic E-state index is 14.4. The van der Waals surface area contributed by atoms with Crippen molar-refractivity contribution in [1.29, 1.82) is 0 Å². The molecule has 0 spiro atoms. The minimum Gasteiger partial charge on any atom is -0.487 e. The van der Waals surface area contributed by atoms with Crippen molar-refractivity contribution in [2.24, 2.45) is 0 Å². The summed E-state index contributed by atoms with van der Waals surface area (Å²) in [6, 6.07) is 4.98. The van der Waals surface area contributed by atoms with Crippen molar-refractivity contribution >= 4 is 22.6 Å². The first kappa shape index (κ1) is 19.8. The molecular weight excluding hydrogens is 409 g/mol. The molecule has 1 aliphatic carbocycles. The lowest BCUT2D eigenvalue weighted by molar-refractivity contribution is -0.0166. The van der Waals surface area contributed by atoms with Gasteiger partial charge >= 0.3 is 0 Å². The average molecular weight is 432 g/mol. The lowest BCUT2D eigenvalue weighted by Gasteiger charge is -2.25. The first-order valence-corrected chi connectivity index (χ1v) is 10.5. The predicted octanol–water partition coefficient (Wildman–Crippen LogP) is 2.90. The summed E-state index contributed by atoms with van der Waals surface area (Å²) in [7, 11) is 0. The van der Waals surface area contributed by atoms with Gasteiger partial charge < -0.3 is 24.8 Å². The van der Waals surface area contributed by atoms with Gasteiger partial charge in [-0.1, -0.05) is 11.6 Å². The monoisotopic (exact) mass is 431 g/mol. The summed E-state index contributed by atoms with van der Waals surface area (Å²) in [5.74, 6) is 0.0393. The van der Waals surface area contributed by atoms with Gasteiger partial charge in [0.1, 0.15) is 35.5 Å². The summed E-state index contributed by atoms with van der Waals surface area (Å²) in [5, 5.41) is 25.7. The highest BCUT2D eigenvalue weighted by Crippen LogP contribution is 2.39. The molecule has 0 bridgehead atoms. The van der Waals surface area contributed by atoms with Gasteiger partial charge in [0.25, 0.3) is 0 Å². The number of aliphatic hydroxyl groups excluding tert-OH is 2. The largest absolute Gasteiger partial charge is 0.487 e. The van der Waals surface area contributed by atoms with Crippen molar-refractivity contribution in [3.8, 4) is 5.75 Å². The fraction of sp³-hybridized carbons (Fsp3) is 0.409.